The predicted octanol–water partition coefficient (Wildman–Crippen LogP) is 1.75. The van der Waals surface area contributed by atoms with E-state index in [4.69, 9.17) is 0 Å². The Hall–Kier alpha value is -1.75. The van der Waals surface area contributed by atoms with Gasteiger partial charge in [0.05, 0.1) is 6.42 Å². The summed E-state index contributed by atoms with van der Waals surface area (Å²) >= 11 is 0. The lowest BCUT2D eigenvalue weighted by Crippen LogP contribution is -2.03. The van der Waals surface area contributed by atoms with Gasteiger partial charge in [0, 0.05) is 6.92 Å². The maximum Gasteiger partial charge on any atom is 0.324 e. The van der Waals surface area contributed by atoms with Crippen LogP contribution in [0, 0.1) is 12.0 Å². The van der Waals surface area contributed by atoms with Crippen LogP contribution in [-0.4, -0.2) is 5.97 Å². The molecule has 0 aliphatic heterocycles. The van der Waals surface area contributed by atoms with Gasteiger partial charge in [0.2, 0.25) is 0 Å². The Morgan fingerprint density at radius 1 is 1.38 bits per heavy atom. The number of rotatable bonds is 2. The van der Waals surface area contributed by atoms with Gasteiger partial charge in [-0.25, -0.2) is 0 Å². The van der Waals surface area contributed by atoms with E-state index in [-0.39, 0.29) is 12.4 Å². The topological polar surface area (TPSA) is 26.3 Å². The number of benzene rings is 1. The minimum atomic E-state index is -0.319. The Labute approximate surface area is 77.5 Å². The van der Waals surface area contributed by atoms with Crippen molar-refractivity contribution in [3.63, 3.8) is 0 Å². The number of carbonyl (C=O) groups is 1. The highest BCUT2D eigenvalue weighted by Crippen LogP contribution is 2.00. The van der Waals surface area contributed by atoms with Gasteiger partial charge >= 0.3 is 5.97 Å². The lowest BCUT2D eigenvalue weighted by atomic mass is 10.2. The van der Waals surface area contributed by atoms with Crippen LogP contribution in [0.4, 0.5) is 0 Å². The zero-order valence-electron chi connectivity index (χ0n) is 7.41. The molecule has 1 aromatic carbocycles. The second kappa shape index (κ2) is 5.00. The highest BCUT2D eigenvalue weighted by atomic mass is 16.5. The summed E-state index contributed by atoms with van der Waals surface area (Å²) in [7, 11) is 0. The van der Waals surface area contributed by atoms with Crippen LogP contribution < -0.4 is 0 Å². The minimum absolute atomic E-state index is 0.273. The molecule has 2 nitrogen and oxygen atoms in total. The molecule has 0 aliphatic rings. The number of esters is 1. The van der Waals surface area contributed by atoms with Crippen molar-refractivity contribution in [2.24, 2.45) is 0 Å². The molecule has 0 unspecified atom stereocenters. The van der Waals surface area contributed by atoms with Crippen molar-refractivity contribution in [1.29, 1.82) is 0 Å². The fraction of sp³-hybridized carbons (Fsp3) is 0.182. The van der Waals surface area contributed by atoms with Gasteiger partial charge < -0.3 is 4.74 Å². The van der Waals surface area contributed by atoms with Crippen molar-refractivity contribution in [2.75, 3.05) is 0 Å². The van der Waals surface area contributed by atoms with E-state index in [1.165, 1.54) is 0 Å². The summed E-state index contributed by atoms with van der Waals surface area (Å²) in [5.41, 5.74) is 0.936. The minimum Gasteiger partial charge on any atom is -0.372 e. The SMILES string of the molecule is CC#COC(=O)Cc1ccccc1. The molecule has 0 saturated carbocycles. The van der Waals surface area contributed by atoms with Crippen LogP contribution in [0.1, 0.15) is 12.5 Å². The van der Waals surface area contributed by atoms with Gasteiger partial charge in [-0.15, -0.1) is 0 Å². The largest absolute Gasteiger partial charge is 0.372 e. The van der Waals surface area contributed by atoms with Gasteiger partial charge in [0.1, 0.15) is 6.11 Å². The Bertz CT molecular complexity index is 330. The van der Waals surface area contributed by atoms with Crippen LogP contribution in [0.25, 0.3) is 0 Å². The first kappa shape index (κ1) is 9.34. The molecule has 0 N–H and O–H groups in total. The van der Waals surface area contributed by atoms with E-state index in [1.54, 1.807) is 6.92 Å². The van der Waals surface area contributed by atoms with Crippen LogP contribution in [0.2, 0.25) is 0 Å². The fourth-order valence-electron chi connectivity index (χ4n) is 0.907. The van der Waals surface area contributed by atoms with Crippen molar-refractivity contribution >= 4 is 5.97 Å². The molecule has 0 atom stereocenters. The number of ether oxygens (including phenoxy) is 1. The fourth-order valence-corrected chi connectivity index (χ4v) is 0.907. The molecular weight excluding hydrogens is 164 g/mol. The normalized spacial score (nSPS) is 8.38. The lowest BCUT2D eigenvalue weighted by Gasteiger charge is -1.96. The van der Waals surface area contributed by atoms with Gasteiger partial charge in [-0.1, -0.05) is 36.3 Å². The quantitative estimate of drug-likeness (QED) is 0.504. The monoisotopic (exact) mass is 174 g/mol. The molecule has 66 valence electrons. The van der Waals surface area contributed by atoms with Crippen molar-refractivity contribution in [1.82, 2.24) is 0 Å². The van der Waals surface area contributed by atoms with Gasteiger partial charge in [-0.3, -0.25) is 4.79 Å². The van der Waals surface area contributed by atoms with Crippen LogP contribution in [0.15, 0.2) is 30.3 Å². The second-order valence-electron chi connectivity index (χ2n) is 2.49. The van der Waals surface area contributed by atoms with E-state index in [0.717, 1.165) is 5.56 Å². The van der Waals surface area contributed by atoms with Gasteiger partial charge in [-0.2, -0.15) is 0 Å². The van der Waals surface area contributed by atoms with Crippen molar-refractivity contribution in [3.05, 3.63) is 35.9 Å². The van der Waals surface area contributed by atoms with Gasteiger partial charge in [0.15, 0.2) is 0 Å². The highest BCUT2D eigenvalue weighted by molar-refractivity contribution is 5.73. The molecule has 0 bridgehead atoms. The summed E-state index contributed by atoms with van der Waals surface area (Å²) in [6, 6.07) is 9.42. The van der Waals surface area contributed by atoms with Crippen LogP contribution >= 0.6 is 0 Å². The van der Waals surface area contributed by atoms with Crippen molar-refractivity contribution in [2.45, 2.75) is 13.3 Å². The maximum absolute atomic E-state index is 11.0. The summed E-state index contributed by atoms with van der Waals surface area (Å²) in [5.74, 6) is 2.17. The molecular formula is C11H10O2. The summed E-state index contributed by atoms with van der Waals surface area (Å²) < 4.78 is 4.60. The predicted molar refractivity (Wildman–Crippen MR) is 49.7 cm³/mol. The third kappa shape index (κ3) is 3.44. The van der Waals surface area contributed by atoms with E-state index < -0.39 is 0 Å². The highest BCUT2D eigenvalue weighted by Gasteiger charge is 2.01. The van der Waals surface area contributed by atoms with Crippen molar-refractivity contribution in [3.8, 4) is 12.0 Å². The van der Waals surface area contributed by atoms with Gasteiger partial charge in [-0.05, 0) is 5.56 Å². The van der Waals surface area contributed by atoms with Gasteiger partial charge in [0.25, 0.3) is 0 Å². The molecule has 0 fully saturated rings. The second-order valence-corrected chi connectivity index (χ2v) is 2.49. The summed E-state index contributed by atoms with van der Waals surface area (Å²) in [4.78, 5) is 11.0. The van der Waals surface area contributed by atoms with E-state index in [9.17, 15) is 4.79 Å². The molecule has 0 amide bonds. The molecule has 0 spiro atoms. The molecule has 1 aromatic rings. The molecule has 2 heteroatoms. The zero-order valence-corrected chi connectivity index (χ0v) is 7.41. The van der Waals surface area contributed by atoms with Crippen LogP contribution in [0.5, 0.6) is 0 Å². The lowest BCUT2D eigenvalue weighted by molar-refractivity contribution is -0.136. The first-order valence-electron chi connectivity index (χ1n) is 3.98. The smallest absolute Gasteiger partial charge is 0.324 e. The average molecular weight is 174 g/mol. The van der Waals surface area contributed by atoms with E-state index >= 15 is 0 Å². The average Bonchev–Trinajstić information content (AvgIpc) is 2.16. The molecule has 0 radical (unpaired) electrons. The molecule has 0 aromatic heterocycles. The Kier molecular flexibility index (Phi) is 3.59. The third-order valence-corrected chi connectivity index (χ3v) is 1.46. The van der Waals surface area contributed by atoms with E-state index in [2.05, 4.69) is 16.8 Å². The summed E-state index contributed by atoms with van der Waals surface area (Å²) in [5, 5.41) is 0. The molecule has 0 saturated heterocycles. The standard InChI is InChI=1S/C11H10O2/c1-2-8-13-11(12)9-10-6-4-3-5-7-10/h3-7H,9H2,1H3. The maximum atomic E-state index is 11.0. The van der Waals surface area contributed by atoms with Crippen LogP contribution in [0.3, 0.4) is 0 Å². The summed E-state index contributed by atoms with van der Waals surface area (Å²) in [6.45, 7) is 1.62. The first-order valence-corrected chi connectivity index (χ1v) is 3.98. The van der Waals surface area contributed by atoms with E-state index in [0.29, 0.717) is 0 Å². The zero-order chi connectivity index (χ0) is 9.52. The Morgan fingerprint density at radius 3 is 2.69 bits per heavy atom. The Balaban J connectivity index is 2.49. The molecule has 0 aliphatic carbocycles. The van der Waals surface area contributed by atoms with E-state index in [1.807, 2.05) is 30.3 Å². The molecule has 0 heterocycles. The third-order valence-electron chi connectivity index (χ3n) is 1.46. The number of carbonyl (C=O) groups excluding carboxylic acids is 1. The molecule has 1 rings (SSSR count). The molecule has 13 heavy (non-hydrogen) atoms. The van der Waals surface area contributed by atoms with Crippen LogP contribution in [-0.2, 0) is 16.0 Å². The number of hydrogen-bond donors (Lipinski definition) is 0. The van der Waals surface area contributed by atoms with Crippen molar-refractivity contribution < 1.29 is 9.53 Å². The Morgan fingerprint density at radius 2 is 2.08 bits per heavy atom. The first-order chi connectivity index (χ1) is 6.33. The number of hydrogen-bond acceptors (Lipinski definition) is 2. The summed E-state index contributed by atoms with van der Waals surface area (Å²) in [6.07, 6.45) is 2.54.